The zero-order valence-corrected chi connectivity index (χ0v) is 9.19. The van der Waals surface area contributed by atoms with Gasteiger partial charge < -0.3 is 9.80 Å². The number of piperazine rings is 1. The minimum atomic E-state index is 0.199. The molecular weight excluding hydrogens is 269 g/mol. The molecule has 0 spiro atoms. The van der Waals surface area contributed by atoms with E-state index in [1.165, 1.54) is 0 Å². The number of halogens is 1. The molecule has 1 unspecified atom stereocenters. The van der Waals surface area contributed by atoms with Crippen LogP contribution >= 0.6 is 22.9 Å². The van der Waals surface area contributed by atoms with Gasteiger partial charge in [-0.05, 0) is 0 Å². The van der Waals surface area contributed by atoms with E-state index in [0.717, 1.165) is 26.2 Å². The van der Waals surface area contributed by atoms with E-state index < -0.39 is 0 Å². The second-order valence-electron chi connectivity index (χ2n) is 3.38. The van der Waals surface area contributed by atoms with Crippen LogP contribution in [0.4, 0.5) is 4.79 Å². The van der Waals surface area contributed by atoms with E-state index in [2.05, 4.69) is 26.0 Å². The maximum Gasteiger partial charge on any atom is 0.320 e. The lowest BCUT2D eigenvalue weighted by Crippen LogP contribution is -2.48. The Morgan fingerprint density at radius 2 is 2.17 bits per heavy atom. The summed E-state index contributed by atoms with van der Waals surface area (Å²) in [6.07, 6.45) is 0. The molecule has 0 bridgehead atoms. The monoisotopic (exact) mass is 281 g/mol. The van der Waals surface area contributed by atoms with Crippen molar-refractivity contribution in [2.45, 2.75) is 6.04 Å². The highest BCUT2D eigenvalue weighted by atomic mass is 127. The van der Waals surface area contributed by atoms with Gasteiger partial charge in [-0.3, -0.25) is 0 Å². The maximum absolute atomic E-state index is 11.5. The minimum absolute atomic E-state index is 0.199. The van der Waals surface area contributed by atoms with Gasteiger partial charge in [-0.15, -0.1) is 0 Å². The molecule has 0 saturated carbocycles. The predicted octanol–water partition coefficient (Wildman–Crippen LogP) is 0.388. The molecular formula is C7H12IN3O. The average molecular weight is 281 g/mol. The van der Waals surface area contributed by atoms with Crippen LogP contribution in [0.3, 0.4) is 0 Å². The second kappa shape index (κ2) is 3.02. The third kappa shape index (κ3) is 1.28. The normalized spacial score (nSPS) is 31.2. The fraction of sp³-hybridized carbons (Fsp3) is 0.857. The van der Waals surface area contributed by atoms with Crippen LogP contribution in [0.1, 0.15) is 0 Å². The van der Waals surface area contributed by atoms with Gasteiger partial charge in [0, 0.05) is 56.1 Å². The van der Waals surface area contributed by atoms with Gasteiger partial charge in [0.25, 0.3) is 0 Å². The highest BCUT2D eigenvalue weighted by Crippen LogP contribution is 2.20. The molecule has 2 saturated heterocycles. The van der Waals surface area contributed by atoms with Crippen molar-refractivity contribution in [3.05, 3.63) is 0 Å². The predicted molar refractivity (Wildman–Crippen MR) is 54.1 cm³/mol. The molecule has 68 valence electrons. The Balaban J connectivity index is 2.09. The van der Waals surface area contributed by atoms with Crippen molar-refractivity contribution in [1.29, 1.82) is 0 Å². The van der Waals surface area contributed by atoms with Gasteiger partial charge in [0.1, 0.15) is 0 Å². The third-order valence-corrected chi connectivity index (χ3v) is 3.37. The van der Waals surface area contributed by atoms with Gasteiger partial charge in [0.2, 0.25) is 0 Å². The summed E-state index contributed by atoms with van der Waals surface area (Å²) in [6.45, 7) is 3.78. The Morgan fingerprint density at radius 1 is 1.42 bits per heavy atom. The number of nitrogens with zero attached hydrogens (tertiary/aromatic N) is 3. The molecule has 2 amide bonds. The smallest absolute Gasteiger partial charge is 0.320 e. The highest BCUT2D eigenvalue weighted by molar-refractivity contribution is 14.1. The number of fused-ring (bicyclic) bond motifs is 1. The first kappa shape index (κ1) is 8.55. The zero-order valence-electron chi connectivity index (χ0n) is 7.03. The van der Waals surface area contributed by atoms with E-state index in [1.54, 1.807) is 4.90 Å². The molecule has 0 aromatic rings. The van der Waals surface area contributed by atoms with Crippen molar-refractivity contribution in [1.82, 2.24) is 12.9 Å². The van der Waals surface area contributed by atoms with E-state index >= 15 is 0 Å². The van der Waals surface area contributed by atoms with Gasteiger partial charge in [-0.25, -0.2) is 7.91 Å². The fourth-order valence-electron chi connectivity index (χ4n) is 1.84. The Morgan fingerprint density at radius 3 is 2.92 bits per heavy atom. The van der Waals surface area contributed by atoms with Gasteiger partial charge in [-0.2, -0.15) is 0 Å². The SMILES string of the molecule is CN1CC2CN(I)CCN2C1=O. The summed E-state index contributed by atoms with van der Waals surface area (Å²) in [5.41, 5.74) is 0. The van der Waals surface area contributed by atoms with Crippen molar-refractivity contribution in [2.75, 3.05) is 33.2 Å². The van der Waals surface area contributed by atoms with E-state index in [-0.39, 0.29) is 6.03 Å². The Labute approximate surface area is 86.0 Å². The van der Waals surface area contributed by atoms with Crippen LogP contribution in [-0.2, 0) is 0 Å². The molecule has 0 aromatic heterocycles. The molecule has 2 fully saturated rings. The summed E-state index contributed by atoms with van der Waals surface area (Å²) >= 11 is 2.32. The molecule has 0 aliphatic carbocycles. The topological polar surface area (TPSA) is 26.8 Å². The quantitative estimate of drug-likeness (QED) is 0.474. The molecule has 2 aliphatic heterocycles. The first-order chi connectivity index (χ1) is 5.68. The van der Waals surface area contributed by atoms with Crippen molar-refractivity contribution < 1.29 is 4.79 Å². The average Bonchev–Trinajstić information content (AvgIpc) is 2.28. The lowest BCUT2D eigenvalue weighted by atomic mass is 10.2. The fourth-order valence-corrected chi connectivity index (χ4v) is 2.51. The lowest BCUT2D eigenvalue weighted by molar-refractivity contribution is 0.170. The number of carbonyl (C=O) groups is 1. The maximum atomic E-state index is 11.5. The highest BCUT2D eigenvalue weighted by Gasteiger charge is 2.38. The molecule has 4 nitrogen and oxygen atoms in total. The van der Waals surface area contributed by atoms with Crippen LogP contribution < -0.4 is 0 Å². The van der Waals surface area contributed by atoms with Crippen LogP contribution in [0.5, 0.6) is 0 Å². The second-order valence-corrected chi connectivity index (χ2v) is 4.74. The van der Waals surface area contributed by atoms with Gasteiger partial charge in [0.15, 0.2) is 0 Å². The Kier molecular flexibility index (Phi) is 2.16. The molecule has 1 atom stereocenters. The van der Waals surface area contributed by atoms with Crippen LogP contribution in [0.2, 0.25) is 0 Å². The number of likely N-dealkylation sites (N-methyl/N-ethyl adjacent to an activating group) is 1. The van der Waals surface area contributed by atoms with E-state index in [9.17, 15) is 4.79 Å². The lowest BCUT2D eigenvalue weighted by Gasteiger charge is -2.32. The van der Waals surface area contributed by atoms with Crippen molar-refractivity contribution in [3.8, 4) is 0 Å². The number of hydrogen-bond acceptors (Lipinski definition) is 2. The molecule has 2 rings (SSSR count). The zero-order chi connectivity index (χ0) is 8.72. The van der Waals surface area contributed by atoms with Crippen molar-refractivity contribution in [3.63, 3.8) is 0 Å². The summed E-state index contributed by atoms with van der Waals surface area (Å²) in [6, 6.07) is 0.623. The number of carbonyl (C=O) groups excluding carboxylic acids is 1. The van der Waals surface area contributed by atoms with E-state index in [4.69, 9.17) is 0 Å². The van der Waals surface area contributed by atoms with Crippen LogP contribution in [-0.4, -0.2) is 58.2 Å². The molecule has 0 aromatic carbocycles. The summed E-state index contributed by atoms with van der Waals surface area (Å²) in [4.78, 5) is 15.3. The molecule has 2 aliphatic rings. The first-order valence-corrected chi connectivity index (χ1v) is 5.07. The number of rotatable bonds is 0. The Hall–Kier alpha value is -0.0400. The van der Waals surface area contributed by atoms with Crippen molar-refractivity contribution >= 4 is 28.9 Å². The molecule has 0 radical (unpaired) electrons. The van der Waals surface area contributed by atoms with Gasteiger partial charge >= 0.3 is 6.03 Å². The summed E-state index contributed by atoms with van der Waals surface area (Å²) < 4.78 is 2.26. The molecule has 12 heavy (non-hydrogen) atoms. The largest absolute Gasteiger partial charge is 0.326 e. The molecule has 0 N–H and O–H groups in total. The first-order valence-electron chi connectivity index (χ1n) is 4.11. The summed E-state index contributed by atoms with van der Waals surface area (Å²) in [7, 11) is 1.87. The van der Waals surface area contributed by atoms with Crippen LogP contribution in [0, 0.1) is 0 Å². The van der Waals surface area contributed by atoms with Gasteiger partial charge in [0.05, 0.1) is 6.04 Å². The molecule has 2 heterocycles. The standard InChI is InChI=1S/C7H12IN3O/c1-9-4-6-5-10(8)2-3-11(6)7(9)12/h6H,2-5H2,1H3. The third-order valence-electron chi connectivity index (χ3n) is 2.49. The number of urea groups is 1. The van der Waals surface area contributed by atoms with Crippen LogP contribution in [0.15, 0.2) is 0 Å². The Bertz CT molecular complexity index is 211. The number of amides is 2. The number of hydrogen-bond donors (Lipinski definition) is 0. The van der Waals surface area contributed by atoms with Crippen LogP contribution in [0.25, 0.3) is 0 Å². The van der Waals surface area contributed by atoms with E-state index in [1.807, 2.05) is 11.9 Å². The summed E-state index contributed by atoms with van der Waals surface area (Å²) in [5, 5.41) is 0. The minimum Gasteiger partial charge on any atom is -0.326 e. The van der Waals surface area contributed by atoms with E-state index in [0.29, 0.717) is 6.04 Å². The van der Waals surface area contributed by atoms with Gasteiger partial charge in [-0.1, -0.05) is 0 Å². The van der Waals surface area contributed by atoms with Crippen molar-refractivity contribution in [2.24, 2.45) is 0 Å². The molecule has 5 heteroatoms. The summed E-state index contributed by atoms with van der Waals surface area (Å²) in [5.74, 6) is 0.